The Morgan fingerprint density at radius 2 is 1.69 bits per heavy atom. The van der Waals surface area contributed by atoms with E-state index >= 15 is 0 Å². The Morgan fingerprint density at radius 1 is 1.03 bits per heavy atom. The van der Waals surface area contributed by atoms with Gasteiger partial charge in [0.05, 0.1) is 17.4 Å². The topological polar surface area (TPSA) is 75.7 Å². The number of halogens is 2. The minimum absolute atomic E-state index is 0.0384. The van der Waals surface area contributed by atoms with Crippen molar-refractivity contribution in [3.05, 3.63) is 69.3 Å². The average molecular weight is 433 g/mol. The second-order valence-corrected chi connectivity index (χ2v) is 7.54. The van der Waals surface area contributed by atoms with Gasteiger partial charge in [0.15, 0.2) is 0 Å². The molecule has 0 spiro atoms. The number of esters is 1. The van der Waals surface area contributed by atoms with Gasteiger partial charge in [-0.2, -0.15) is 0 Å². The predicted molar refractivity (Wildman–Crippen MR) is 112 cm³/mol. The summed E-state index contributed by atoms with van der Waals surface area (Å²) in [7, 11) is 0. The molecule has 3 rings (SSSR count). The molecule has 1 aliphatic rings. The molecule has 29 heavy (non-hydrogen) atoms. The van der Waals surface area contributed by atoms with Gasteiger partial charge in [0.25, 0.3) is 11.8 Å². The van der Waals surface area contributed by atoms with Crippen LogP contribution in [-0.4, -0.2) is 23.9 Å². The number of benzene rings is 2. The Morgan fingerprint density at radius 3 is 2.28 bits per heavy atom. The number of hydrogen-bond donors (Lipinski definition) is 1. The van der Waals surface area contributed by atoms with Crippen LogP contribution >= 0.6 is 23.2 Å². The maximum absolute atomic E-state index is 12.9. The SMILES string of the molecule is Cc1cc(Cl)ccc1N1C(=O)C(Cl)=C(Nc2ccc(C(=O)OC(C)C)cc2)C1=O. The van der Waals surface area contributed by atoms with Crippen LogP contribution in [0.15, 0.2) is 53.2 Å². The molecule has 6 nitrogen and oxygen atoms in total. The minimum Gasteiger partial charge on any atom is -0.459 e. The van der Waals surface area contributed by atoms with Crippen LogP contribution in [0.4, 0.5) is 11.4 Å². The molecule has 2 amide bonds. The molecule has 1 aliphatic heterocycles. The molecule has 0 aromatic heterocycles. The zero-order chi connectivity index (χ0) is 21.3. The third-order valence-electron chi connectivity index (χ3n) is 4.16. The largest absolute Gasteiger partial charge is 0.459 e. The molecule has 0 radical (unpaired) electrons. The van der Waals surface area contributed by atoms with Crippen molar-refractivity contribution in [3.8, 4) is 0 Å². The van der Waals surface area contributed by atoms with E-state index in [-0.39, 0.29) is 16.8 Å². The van der Waals surface area contributed by atoms with Gasteiger partial charge >= 0.3 is 5.97 Å². The van der Waals surface area contributed by atoms with Crippen LogP contribution in [0.25, 0.3) is 0 Å². The number of amides is 2. The van der Waals surface area contributed by atoms with Crippen molar-refractivity contribution in [1.29, 1.82) is 0 Å². The molecule has 0 bridgehead atoms. The van der Waals surface area contributed by atoms with Crippen LogP contribution in [0, 0.1) is 6.92 Å². The zero-order valence-corrected chi connectivity index (χ0v) is 17.5. The lowest BCUT2D eigenvalue weighted by Gasteiger charge is -2.17. The van der Waals surface area contributed by atoms with Crippen LogP contribution in [0.5, 0.6) is 0 Å². The van der Waals surface area contributed by atoms with Crippen molar-refractivity contribution in [2.75, 3.05) is 10.2 Å². The number of nitrogens with one attached hydrogen (secondary N) is 1. The van der Waals surface area contributed by atoms with Crippen LogP contribution in [-0.2, 0) is 14.3 Å². The van der Waals surface area contributed by atoms with Crippen molar-refractivity contribution in [2.24, 2.45) is 0 Å². The van der Waals surface area contributed by atoms with Crippen molar-refractivity contribution in [3.63, 3.8) is 0 Å². The summed E-state index contributed by atoms with van der Waals surface area (Å²) in [5.41, 5.74) is 1.90. The number of imide groups is 1. The van der Waals surface area contributed by atoms with E-state index in [0.29, 0.717) is 27.5 Å². The summed E-state index contributed by atoms with van der Waals surface area (Å²) in [6.45, 7) is 5.27. The molecule has 0 saturated carbocycles. The van der Waals surface area contributed by atoms with E-state index in [0.717, 1.165) is 4.90 Å². The highest BCUT2D eigenvalue weighted by Gasteiger charge is 2.39. The Labute approximate surface area is 178 Å². The Bertz CT molecular complexity index is 1030. The van der Waals surface area contributed by atoms with Crippen molar-refractivity contribution in [2.45, 2.75) is 26.9 Å². The second-order valence-electron chi connectivity index (χ2n) is 6.72. The fourth-order valence-electron chi connectivity index (χ4n) is 2.82. The van der Waals surface area contributed by atoms with E-state index in [1.807, 2.05) is 0 Å². The normalized spacial score (nSPS) is 14.1. The van der Waals surface area contributed by atoms with E-state index in [1.165, 1.54) is 0 Å². The number of aryl methyl sites for hydroxylation is 1. The van der Waals surface area contributed by atoms with E-state index in [4.69, 9.17) is 27.9 Å². The quantitative estimate of drug-likeness (QED) is 0.549. The fraction of sp³-hybridized carbons (Fsp3) is 0.190. The fourth-order valence-corrected chi connectivity index (χ4v) is 3.26. The number of rotatable bonds is 5. The first-order valence-electron chi connectivity index (χ1n) is 8.82. The van der Waals surface area contributed by atoms with Gasteiger partial charge in [-0.25, -0.2) is 9.69 Å². The lowest BCUT2D eigenvalue weighted by molar-refractivity contribution is -0.120. The lowest BCUT2D eigenvalue weighted by Crippen LogP contribution is -2.32. The molecular formula is C21H18Cl2N2O4. The molecular weight excluding hydrogens is 415 g/mol. The van der Waals surface area contributed by atoms with Crippen LogP contribution in [0.1, 0.15) is 29.8 Å². The average Bonchev–Trinajstić information content (AvgIpc) is 2.86. The second kappa shape index (κ2) is 8.27. The Balaban J connectivity index is 1.81. The first-order chi connectivity index (χ1) is 13.7. The van der Waals surface area contributed by atoms with Gasteiger partial charge in [-0.05, 0) is 68.8 Å². The standard InChI is InChI=1S/C21H18Cl2N2O4/c1-11(2)29-21(28)13-4-7-15(8-5-13)24-18-17(23)19(26)25(20(18)27)16-9-6-14(22)10-12(16)3/h4-11,24H,1-3H3. The maximum Gasteiger partial charge on any atom is 0.338 e. The minimum atomic E-state index is -0.623. The number of carbonyl (C=O) groups excluding carboxylic acids is 3. The zero-order valence-electron chi connectivity index (χ0n) is 16.0. The molecule has 1 heterocycles. The number of ether oxygens (including phenoxy) is 1. The van der Waals surface area contributed by atoms with Gasteiger partial charge in [0.2, 0.25) is 0 Å². The van der Waals surface area contributed by atoms with E-state index in [2.05, 4.69) is 5.32 Å². The number of nitrogens with zero attached hydrogens (tertiary/aromatic N) is 1. The molecule has 0 aliphatic carbocycles. The molecule has 0 unspecified atom stereocenters. The van der Waals surface area contributed by atoms with Crippen molar-refractivity contribution < 1.29 is 19.1 Å². The van der Waals surface area contributed by atoms with Crippen molar-refractivity contribution >= 4 is 52.4 Å². The summed E-state index contributed by atoms with van der Waals surface area (Å²) in [5, 5.41) is 3.15. The molecule has 2 aromatic rings. The van der Waals surface area contributed by atoms with Gasteiger partial charge in [0.1, 0.15) is 10.7 Å². The summed E-state index contributed by atoms with van der Waals surface area (Å²) in [4.78, 5) is 38.4. The Hall–Kier alpha value is -2.83. The first kappa shape index (κ1) is 20.9. The summed E-state index contributed by atoms with van der Waals surface area (Å²) in [6.07, 6.45) is -0.228. The van der Waals surface area contributed by atoms with Gasteiger partial charge < -0.3 is 10.1 Å². The van der Waals surface area contributed by atoms with E-state index in [9.17, 15) is 14.4 Å². The highest BCUT2D eigenvalue weighted by Crippen LogP contribution is 2.33. The number of hydrogen-bond acceptors (Lipinski definition) is 5. The highest BCUT2D eigenvalue weighted by atomic mass is 35.5. The number of carbonyl (C=O) groups is 3. The van der Waals surface area contributed by atoms with E-state index in [1.54, 1.807) is 63.2 Å². The summed E-state index contributed by atoms with van der Waals surface area (Å²) < 4.78 is 5.14. The first-order valence-corrected chi connectivity index (χ1v) is 9.57. The van der Waals surface area contributed by atoms with Gasteiger partial charge in [-0.1, -0.05) is 23.2 Å². The third-order valence-corrected chi connectivity index (χ3v) is 4.75. The van der Waals surface area contributed by atoms with Crippen molar-refractivity contribution in [1.82, 2.24) is 0 Å². The third kappa shape index (κ3) is 4.28. The molecule has 0 fully saturated rings. The molecule has 0 saturated heterocycles. The summed E-state index contributed by atoms with van der Waals surface area (Å²) in [6, 6.07) is 11.2. The van der Waals surface area contributed by atoms with Crippen LogP contribution in [0.3, 0.4) is 0 Å². The molecule has 8 heteroatoms. The highest BCUT2D eigenvalue weighted by molar-refractivity contribution is 6.53. The molecule has 150 valence electrons. The molecule has 0 atom stereocenters. The van der Waals surface area contributed by atoms with Gasteiger partial charge in [-0.3, -0.25) is 9.59 Å². The predicted octanol–water partition coefficient (Wildman–Crippen LogP) is 4.65. The number of anilines is 2. The van der Waals surface area contributed by atoms with Gasteiger partial charge in [-0.15, -0.1) is 0 Å². The van der Waals surface area contributed by atoms with E-state index < -0.39 is 17.8 Å². The molecule has 1 N–H and O–H groups in total. The smallest absolute Gasteiger partial charge is 0.338 e. The Kier molecular flexibility index (Phi) is 5.96. The monoisotopic (exact) mass is 432 g/mol. The maximum atomic E-state index is 12.9. The van der Waals surface area contributed by atoms with Crippen LogP contribution in [0.2, 0.25) is 5.02 Å². The summed E-state index contributed by atoms with van der Waals surface area (Å²) >= 11 is 12.1. The lowest BCUT2D eigenvalue weighted by atomic mass is 10.2. The summed E-state index contributed by atoms with van der Waals surface area (Å²) in [5.74, 6) is -1.64. The molecule has 2 aromatic carbocycles. The van der Waals surface area contributed by atoms with Gasteiger partial charge in [0, 0.05) is 10.7 Å². The van der Waals surface area contributed by atoms with Crippen LogP contribution < -0.4 is 10.2 Å².